The van der Waals surface area contributed by atoms with Crippen molar-refractivity contribution in [3.05, 3.63) is 95.6 Å². The highest BCUT2D eigenvalue weighted by molar-refractivity contribution is 8.76. The van der Waals surface area contributed by atoms with E-state index in [0.717, 1.165) is 59.7 Å². The Balaban J connectivity index is 0.00000620. The van der Waals surface area contributed by atoms with Gasteiger partial charge in [0.2, 0.25) is 11.8 Å². The third-order valence-electron chi connectivity index (χ3n) is 8.96. The summed E-state index contributed by atoms with van der Waals surface area (Å²) in [5.41, 5.74) is 3.84. The van der Waals surface area contributed by atoms with E-state index in [4.69, 9.17) is 28.4 Å². The number of carbonyl (C=O) groups excluding carboxylic acids is 2. The van der Waals surface area contributed by atoms with Gasteiger partial charge in [-0.15, -0.1) is 0 Å². The molecule has 0 saturated heterocycles. The molecule has 12 nitrogen and oxygen atoms in total. The molecular formula is C44H56Cl2N4O8S2. The molecule has 0 atom stereocenters. The predicted octanol–water partition coefficient (Wildman–Crippen LogP) is 0.536. The lowest BCUT2D eigenvalue weighted by Crippen LogP contribution is -3.00. The minimum atomic E-state index is 0. The number of hydrogen-bond donors (Lipinski definition) is 2. The van der Waals surface area contributed by atoms with Crippen LogP contribution in [0.3, 0.4) is 0 Å². The number of amides is 2. The molecule has 0 aliphatic rings. The number of carbonyl (C=O) groups is 2. The van der Waals surface area contributed by atoms with Crippen LogP contribution < -0.4 is 73.0 Å². The fraction of sp³-hybridized carbons (Fsp3) is 0.364. The lowest BCUT2D eigenvalue weighted by atomic mass is 10.1. The van der Waals surface area contributed by atoms with Crippen LogP contribution >= 0.6 is 21.6 Å². The Labute approximate surface area is 374 Å². The molecule has 0 aliphatic carbocycles. The van der Waals surface area contributed by atoms with Crippen LogP contribution in [0.1, 0.15) is 47.9 Å². The number of ether oxygens (including phenoxy) is 6. The van der Waals surface area contributed by atoms with Gasteiger partial charge in [-0.05, 0) is 23.3 Å². The third-order valence-corrected chi connectivity index (χ3v) is 11.4. The zero-order chi connectivity index (χ0) is 41.5. The first-order chi connectivity index (χ1) is 28.3. The second kappa shape index (κ2) is 28.7. The van der Waals surface area contributed by atoms with Gasteiger partial charge in [0.15, 0.2) is 47.8 Å². The second-order valence-corrected chi connectivity index (χ2v) is 15.6. The molecule has 4 rings (SSSR count). The van der Waals surface area contributed by atoms with E-state index < -0.39 is 0 Å². The van der Waals surface area contributed by atoms with Gasteiger partial charge in [-0.1, -0.05) is 45.9 Å². The summed E-state index contributed by atoms with van der Waals surface area (Å²) >= 11 is 0. The smallest absolute Gasteiger partial charge is 0.220 e. The molecule has 16 heteroatoms. The average molecular weight is 904 g/mol. The van der Waals surface area contributed by atoms with Crippen molar-refractivity contribution < 1.29 is 72.0 Å². The number of halogens is 2. The molecule has 4 aromatic rings. The van der Waals surface area contributed by atoms with Crippen molar-refractivity contribution in [1.29, 1.82) is 0 Å². The maximum absolute atomic E-state index is 12.3. The minimum Gasteiger partial charge on any atom is -1.00 e. The van der Waals surface area contributed by atoms with E-state index in [1.54, 1.807) is 64.2 Å². The summed E-state index contributed by atoms with van der Waals surface area (Å²) in [4.78, 5) is 24.7. The molecule has 2 heterocycles. The van der Waals surface area contributed by atoms with Crippen molar-refractivity contribution in [2.45, 2.75) is 38.8 Å². The number of aryl methyl sites for hydroxylation is 2. The molecule has 2 aromatic carbocycles. The van der Waals surface area contributed by atoms with Crippen molar-refractivity contribution in [3.8, 4) is 34.5 Å². The van der Waals surface area contributed by atoms with Crippen molar-refractivity contribution in [3.63, 3.8) is 0 Å². The highest BCUT2D eigenvalue weighted by Gasteiger charge is 2.12. The first kappa shape index (κ1) is 51.4. The number of hydrogen-bond acceptors (Lipinski definition) is 10. The van der Waals surface area contributed by atoms with Crippen LogP contribution in [-0.4, -0.2) is 79.1 Å². The van der Waals surface area contributed by atoms with Crippen molar-refractivity contribution >= 4 is 57.7 Å². The number of methoxy groups -OCH3 is 6. The molecule has 326 valence electrons. The van der Waals surface area contributed by atoms with E-state index in [9.17, 15) is 9.59 Å². The van der Waals surface area contributed by atoms with Gasteiger partial charge in [0, 0.05) is 97.8 Å². The lowest BCUT2D eigenvalue weighted by molar-refractivity contribution is -0.697. The fourth-order valence-corrected chi connectivity index (χ4v) is 7.61. The Morgan fingerprint density at radius 2 is 0.850 bits per heavy atom. The molecule has 2 amide bonds. The van der Waals surface area contributed by atoms with E-state index in [1.165, 1.54) is 0 Å². The van der Waals surface area contributed by atoms with Crippen LogP contribution in [-0.2, 0) is 22.7 Å². The molecular weight excluding hydrogens is 848 g/mol. The fourth-order valence-electron chi connectivity index (χ4n) is 5.80. The van der Waals surface area contributed by atoms with E-state index in [2.05, 4.69) is 19.8 Å². The van der Waals surface area contributed by atoms with Crippen LogP contribution in [0, 0.1) is 0 Å². The van der Waals surface area contributed by atoms with Gasteiger partial charge in [-0.3, -0.25) is 9.59 Å². The summed E-state index contributed by atoms with van der Waals surface area (Å²) in [6.07, 6.45) is 18.5. The Hall–Kier alpha value is -4.76. The Bertz CT molecular complexity index is 1830. The summed E-state index contributed by atoms with van der Waals surface area (Å²) < 4.78 is 36.8. The van der Waals surface area contributed by atoms with Crippen LogP contribution in [0.5, 0.6) is 34.5 Å². The molecule has 0 radical (unpaired) electrons. The predicted molar refractivity (Wildman–Crippen MR) is 233 cm³/mol. The van der Waals surface area contributed by atoms with Crippen LogP contribution in [0.15, 0.2) is 73.3 Å². The van der Waals surface area contributed by atoms with Gasteiger partial charge in [0.25, 0.3) is 0 Å². The van der Waals surface area contributed by atoms with Crippen LogP contribution in [0.4, 0.5) is 0 Å². The molecule has 60 heavy (non-hydrogen) atoms. The minimum absolute atomic E-state index is 0. The highest BCUT2D eigenvalue weighted by atomic mass is 35.5. The van der Waals surface area contributed by atoms with Crippen LogP contribution in [0.25, 0.3) is 24.3 Å². The monoisotopic (exact) mass is 902 g/mol. The SMILES string of the molecule is COc1cc(OC)c(OC)cc1C=Cc1cc[n+](CCCC(=O)NCCSSCCNC(=O)CCC[n+]2ccc(C=Cc3cc(OC)c(OC)cc3OC)cc2)cc1.[Cl-].[Cl-]. The molecule has 2 N–H and O–H groups in total. The number of nitrogens with one attached hydrogen (secondary N) is 2. The summed E-state index contributed by atoms with van der Waals surface area (Å²) in [5.74, 6) is 5.60. The highest BCUT2D eigenvalue weighted by Crippen LogP contribution is 2.36. The van der Waals surface area contributed by atoms with E-state index in [-0.39, 0.29) is 36.6 Å². The summed E-state index contributed by atoms with van der Waals surface area (Å²) in [5, 5.41) is 6.00. The first-order valence-electron chi connectivity index (χ1n) is 19.0. The standard InChI is InChI=1S/C44H54N4O8S2.2ClH/c1-51-37-31-41(55-5)39(53-3)29-35(37)13-11-33-15-23-47(24-16-33)21-7-9-43(49)45-19-27-57-58-28-20-46-44(50)10-8-22-48-25-17-34(18-26-48)12-14-36-30-40(54-4)42(56-6)32-38(36)52-2;;/h11-18,23-26,29-32H,7-10,19-22,27-28H2,1-6H3;2*1H. The Morgan fingerprint density at radius 1 is 0.517 bits per heavy atom. The molecule has 0 fully saturated rings. The molecule has 0 bridgehead atoms. The molecule has 0 spiro atoms. The first-order valence-corrected chi connectivity index (χ1v) is 21.5. The second-order valence-electron chi connectivity index (χ2n) is 12.9. The quantitative estimate of drug-likeness (QED) is 0.0555. The average Bonchev–Trinajstić information content (AvgIpc) is 3.25. The van der Waals surface area contributed by atoms with Gasteiger partial charge >= 0.3 is 0 Å². The van der Waals surface area contributed by atoms with E-state index in [1.807, 2.05) is 97.6 Å². The molecule has 0 saturated carbocycles. The van der Waals surface area contributed by atoms with Gasteiger partial charge < -0.3 is 63.9 Å². The van der Waals surface area contributed by atoms with Crippen molar-refractivity contribution in [2.24, 2.45) is 0 Å². The topological polar surface area (TPSA) is 121 Å². The number of aromatic nitrogens is 2. The zero-order valence-electron chi connectivity index (χ0n) is 35.0. The van der Waals surface area contributed by atoms with Crippen molar-refractivity contribution in [2.75, 3.05) is 67.3 Å². The van der Waals surface area contributed by atoms with Gasteiger partial charge in [-0.2, -0.15) is 0 Å². The largest absolute Gasteiger partial charge is 1.00 e. The van der Waals surface area contributed by atoms with Crippen molar-refractivity contribution in [1.82, 2.24) is 10.6 Å². The number of benzene rings is 2. The maximum Gasteiger partial charge on any atom is 0.220 e. The van der Waals surface area contributed by atoms with Gasteiger partial charge in [-0.25, -0.2) is 9.13 Å². The molecule has 2 aromatic heterocycles. The zero-order valence-corrected chi connectivity index (χ0v) is 38.2. The number of nitrogens with zero attached hydrogens (tertiary/aromatic N) is 2. The summed E-state index contributed by atoms with van der Waals surface area (Å²) in [7, 11) is 13.1. The molecule has 0 aliphatic heterocycles. The summed E-state index contributed by atoms with van der Waals surface area (Å²) in [6, 6.07) is 15.5. The number of rotatable bonds is 25. The van der Waals surface area contributed by atoms with Gasteiger partial charge in [0.1, 0.15) is 24.6 Å². The third kappa shape index (κ3) is 17.1. The summed E-state index contributed by atoms with van der Waals surface area (Å²) in [6.45, 7) is 2.73. The maximum atomic E-state index is 12.3. The normalized spacial score (nSPS) is 10.7. The van der Waals surface area contributed by atoms with E-state index in [0.29, 0.717) is 60.4 Å². The van der Waals surface area contributed by atoms with E-state index >= 15 is 0 Å². The lowest BCUT2D eigenvalue weighted by Gasteiger charge is -2.12. The Morgan fingerprint density at radius 3 is 1.18 bits per heavy atom. The van der Waals surface area contributed by atoms with Crippen LogP contribution in [0.2, 0.25) is 0 Å². The number of pyridine rings is 2. The molecule has 0 unspecified atom stereocenters. The Kier molecular flexibility index (Phi) is 24.5. The van der Waals surface area contributed by atoms with Gasteiger partial charge in [0.05, 0.1) is 42.7 Å².